The smallest absolute Gasteiger partial charge is 0.234 e. The molecule has 1 amide bonds. The van der Waals surface area contributed by atoms with Crippen LogP contribution >= 0.6 is 39.3 Å². The molecule has 0 radical (unpaired) electrons. The van der Waals surface area contributed by atoms with Gasteiger partial charge in [0, 0.05) is 15.2 Å². The minimum absolute atomic E-state index is 0.111. The lowest BCUT2D eigenvalue weighted by molar-refractivity contribution is -0.113. The molecule has 0 fully saturated rings. The van der Waals surface area contributed by atoms with Crippen LogP contribution in [0.1, 0.15) is 0 Å². The average Bonchev–Trinajstić information content (AvgIpc) is 3.12. The predicted octanol–water partition coefficient (Wildman–Crippen LogP) is 4.96. The van der Waals surface area contributed by atoms with E-state index in [9.17, 15) is 4.79 Å². The maximum absolute atomic E-state index is 12.3. The molecule has 0 atom stereocenters. The largest absolute Gasteiger partial charge is 0.325 e. The van der Waals surface area contributed by atoms with Crippen LogP contribution in [0.25, 0.3) is 16.7 Å². The van der Waals surface area contributed by atoms with Crippen LogP contribution in [0, 0.1) is 0 Å². The minimum atomic E-state index is -0.111. The number of rotatable bonds is 5. The zero-order chi connectivity index (χ0) is 19.5. The number of hydrogen-bond acceptors (Lipinski definition) is 5. The van der Waals surface area contributed by atoms with Gasteiger partial charge in [0.1, 0.15) is 11.4 Å². The third-order valence-corrected chi connectivity index (χ3v) is 5.60. The van der Waals surface area contributed by atoms with Crippen molar-refractivity contribution in [3.05, 3.63) is 70.6 Å². The average molecular weight is 475 g/mol. The van der Waals surface area contributed by atoms with Crippen molar-refractivity contribution in [1.82, 2.24) is 19.7 Å². The molecule has 28 heavy (non-hydrogen) atoms. The van der Waals surface area contributed by atoms with E-state index in [1.165, 1.54) is 18.1 Å². The van der Waals surface area contributed by atoms with Crippen molar-refractivity contribution in [3.63, 3.8) is 0 Å². The second-order valence-electron chi connectivity index (χ2n) is 5.80. The summed E-state index contributed by atoms with van der Waals surface area (Å²) in [6.07, 6.45) is 3.18. The molecule has 0 aliphatic heterocycles. The molecule has 140 valence electrons. The number of fused-ring (bicyclic) bond motifs is 1. The first-order valence-electron chi connectivity index (χ1n) is 8.23. The fourth-order valence-electron chi connectivity index (χ4n) is 2.61. The van der Waals surface area contributed by atoms with Crippen LogP contribution in [0.2, 0.25) is 5.02 Å². The lowest BCUT2D eigenvalue weighted by atomic mass is 10.3. The van der Waals surface area contributed by atoms with Gasteiger partial charge in [0.05, 0.1) is 23.0 Å². The van der Waals surface area contributed by atoms with Crippen molar-refractivity contribution < 1.29 is 4.79 Å². The van der Waals surface area contributed by atoms with E-state index in [1.54, 1.807) is 23.0 Å². The van der Waals surface area contributed by atoms with E-state index in [0.717, 1.165) is 21.2 Å². The Bertz CT molecular complexity index is 1150. The van der Waals surface area contributed by atoms with Crippen molar-refractivity contribution in [1.29, 1.82) is 0 Å². The highest BCUT2D eigenvalue weighted by atomic mass is 79.9. The first-order chi connectivity index (χ1) is 13.6. The topological polar surface area (TPSA) is 72.7 Å². The molecule has 2 aromatic carbocycles. The zero-order valence-electron chi connectivity index (χ0n) is 14.3. The lowest BCUT2D eigenvalue weighted by Gasteiger charge is -2.06. The second-order valence-corrected chi connectivity index (χ2v) is 8.11. The molecule has 0 aliphatic rings. The summed E-state index contributed by atoms with van der Waals surface area (Å²) in [5.74, 6) is 0.116. The van der Waals surface area contributed by atoms with E-state index in [2.05, 4.69) is 36.3 Å². The highest BCUT2D eigenvalue weighted by molar-refractivity contribution is 9.10. The summed E-state index contributed by atoms with van der Waals surface area (Å²) >= 11 is 10.7. The summed E-state index contributed by atoms with van der Waals surface area (Å²) in [6, 6.07) is 14.8. The van der Waals surface area contributed by atoms with Crippen molar-refractivity contribution in [3.8, 4) is 5.69 Å². The van der Waals surface area contributed by atoms with E-state index in [1.807, 2.05) is 36.4 Å². The van der Waals surface area contributed by atoms with E-state index in [4.69, 9.17) is 11.6 Å². The Morgan fingerprint density at radius 3 is 2.79 bits per heavy atom. The molecule has 6 nitrogen and oxygen atoms in total. The number of amides is 1. The van der Waals surface area contributed by atoms with Crippen LogP contribution in [0.15, 0.2) is 70.6 Å². The first-order valence-corrected chi connectivity index (χ1v) is 10.4. The molecular weight excluding hydrogens is 462 g/mol. The predicted molar refractivity (Wildman–Crippen MR) is 115 cm³/mol. The molecular formula is C19H13BrClN5OS. The normalized spacial score (nSPS) is 10.9. The standard InChI is InChI=1S/C19H13BrClN5OS/c20-12-2-1-3-14(8-12)25-17(27)10-28-19-16-9-24-26(18(16)22-11-23-19)15-6-4-13(21)5-7-15/h1-9,11H,10H2,(H,25,27). The van der Waals surface area contributed by atoms with Crippen molar-refractivity contribution in [2.45, 2.75) is 5.03 Å². The fraction of sp³-hybridized carbons (Fsp3) is 0.0526. The Hall–Kier alpha value is -2.42. The fourth-order valence-corrected chi connectivity index (χ4v) is 3.89. The highest BCUT2D eigenvalue weighted by Crippen LogP contribution is 2.26. The van der Waals surface area contributed by atoms with Gasteiger partial charge in [-0.2, -0.15) is 5.10 Å². The van der Waals surface area contributed by atoms with Gasteiger partial charge in [0.2, 0.25) is 5.91 Å². The molecule has 1 N–H and O–H groups in total. The molecule has 0 unspecified atom stereocenters. The number of aromatic nitrogens is 4. The molecule has 0 aliphatic carbocycles. The summed E-state index contributed by atoms with van der Waals surface area (Å²) in [6.45, 7) is 0. The number of anilines is 1. The summed E-state index contributed by atoms with van der Waals surface area (Å²) < 4.78 is 2.63. The van der Waals surface area contributed by atoms with Crippen LogP contribution in [-0.4, -0.2) is 31.4 Å². The maximum Gasteiger partial charge on any atom is 0.234 e. The van der Waals surface area contributed by atoms with Crippen molar-refractivity contribution in [2.75, 3.05) is 11.1 Å². The Kier molecular flexibility index (Phi) is 5.61. The summed E-state index contributed by atoms with van der Waals surface area (Å²) in [7, 11) is 0. The third-order valence-electron chi connectivity index (χ3n) is 3.85. The van der Waals surface area contributed by atoms with Gasteiger partial charge >= 0.3 is 0 Å². The van der Waals surface area contributed by atoms with Crippen molar-refractivity contribution >= 4 is 61.9 Å². The molecule has 9 heteroatoms. The number of carbonyl (C=O) groups excluding carboxylic acids is 1. The van der Waals surface area contributed by atoms with Gasteiger partial charge in [-0.1, -0.05) is 45.4 Å². The number of thioether (sulfide) groups is 1. The number of nitrogens with one attached hydrogen (secondary N) is 1. The van der Waals surface area contributed by atoms with Gasteiger partial charge in [-0.05, 0) is 42.5 Å². The Morgan fingerprint density at radius 2 is 2.00 bits per heavy atom. The molecule has 0 saturated heterocycles. The molecule has 4 aromatic rings. The van der Waals surface area contributed by atoms with Gasteiger partial charge in [-0.15, -0.1) is 0 Å². The SMILES string of the molecule is O=C(CSc1ncnc2c1cnn2-c1ccc(Cl)cc1)Nc1cccc(Br)c1. The van der Waals surface area contributed by atoms with Gasteiger partial charge in [-0.25, -0.2) is 14.6 Å². The van der Waals surface area contributed by atoms with Crippen LogP contribution in [0.3, 0.4) is 0 Å². The zero-order valence-corrected chi connectivity index (χ0v) is 17.5. The van der Waals surface area contributed by atoms with Crippen LogP contribution in [0.4, 0.5) is 5.69 Å². The Morgan fingerprint density at radius 1 is 1.18 bits per heavy atom. The summed E-state index contributed by atoms with van der Waals surface area (Å²) in [5, 5.41) is 9.43. The van der Waals surface area contributed by atoms with Gasteiger partial charge in [0.25, 0.3) is 0 Å². The van der Waals surface area contributed by atoms with Crippen LogP contribution < -0.4 is 5.32 Å². The minimum Gasteiger partial charge on any atom is -0.325 e. The van der Waals surface area contributed by atoms with Crippen LogP contribution in [-0.2, 0) is 4.79 Å². The molecule has 0 bridgehead atoms. The quantitative estimate of drug-likeness (QED) is 0.327. The van der Waals surface area contributed by atoms with E-state index in [0.29, 0.717) is 15.7 Å². The number of carbonyl (C=O) groups is 1. The summed E-state index contributed by atoms with van der Waals surface area (Å²) in [4.78, 5) is 20.9. The monoisotopic (exact) mass is 473 g/mol. The Balaban J connectivity index is 1.51. The van der Waals surface area contributed by atoms with Crippen LogP contribution in [0.5, 0.6) is 0 Å². The number of nitrogens with zero attached hydrogens (tertiary/aromatic N) is 4. The maximum atomic E-state index is 12.3. The molecule has 2 heterocycles. The Labute approximate surface area is 178 Å². The van der Waals surface area contributed by atoms with Gasteiger partial charge in [0.15, 0.2) is 5.65 Å². The third kappa shape index (κ3) is 4.19. The highest BCUT2D eigenvalue weighted by Gasteiger charge is 2.13. The molecule has 0 saturated carbocycles. The van der Waals surface area contributed by atoms with E-state index >= 15 is 0 Å². The number of halogens is 2. The van der Waals surface area contributed by atoms with Crippen molar-refractivity contribution in [2.24, 2.45) is 0 Å². The van der Waals surface area contributed by atoms with E-state index < -0.39 is 0 Å². The first kappa shape index (κ1) is 18.9. The lowest BCUT2D eigenvalue weighted by Crippen LogP contribution is -2.14. The molecule has 4 rings (SSSR count). The van der Waals surface area contributed by atoms with Gasteiger partial charge < -0.3 is 5.32 Å². The second kappa shape index (κ2) is 8.30. The summed E-state index contributed by atoms with van der Waals surface area (Å²) in [5.41, 5.74) is 2.26. The van der Waals surface area contributed by atoms with Gasteiger partial charge in [-0.3, -0.25) is 4.79 Å². The number of hydrogen-bond donors (Lipinski definition) is 1. The molecule has 2 aromatic heterocycles. The number of benzene rings is 2. The molecule has 0 spiro atoms. The van der Waals surface area contributed by atoms with E-state index in [-0.39, 0.29) is 11.7 Å².